The molecule has 1 fully saturated rings. The molecule has 2 aromatic carbocycles. The second kappa shape index (κ2) is 9.37. The molecule has 0 N–H and O–H groups in total. The number of fused-ring (bicyclic) bond motifs is 1. The maximum absolute atomic E-state index is 13.4. The number of hydrogen-bond donors (Lipinski definition) is 0. The topological polar surface area (TPSA) is 84.0 Å². The first-order chi connectivity index (χ1) is 15.8. The fraction of sp³-hybridized carbons (Fsp3) is 0.250. The molecule has 2 atom stereocenters. The predicted molar refractivity (Wildman–Crippen MR) is 122 cm³/mol. The van der Waals surface area contributed by atoms with Crippen LogP contribution in [-0.4, -0.2) is 47.2 Å². The van der Waals surface area contributed by atoms with Crippen molar-refractivity contribution in [2.45, 2.75) is 12.8 Å². The molecule has 9 heteroatoms. The molecule has 0 radical (unpaired) electrons. The molecule has 33 heavy (non-hydrogen) atoms. The fourth-order valence-electron chi connectivity index (χ4n) is 4.04. The van der Waals surface area contributed by atoms with E-state index in [0.29, 0.717) is 24.2 Å². The lowest BCUT2D eigenvalue weighted by Gasteiger charge is -2.30. The maximum atomic E-state index is 13.4. The normalized spacial score (nSPS) is 19.4. The summed E-state index contributed by atoms with van der Waals surface area (Å²) in [5.41, 5.74) is 0.404. The van der Waals surface area contributed by atoms with Crippen molar-refractivity contribution in [3.63, 3.8) is 0 Å². The summed E-state index contributed by atoms with van der Waals surface area (Å²) in [7, 11) is 1.51. The highest BCUT2D eigenvalue weighted by molar-refractivity contribution is 6.42. The van der Waals surface area contributed by atoms with Gasteiger partial charge in [-0.1, -0.05) is 35.4 Å². The van der Waals surface area contributed by atoms with Gasteiger partial charge in [-0.05, 0) is 55.3 Å². The summed E-state index contributed by atoms with van der Waals surface area (Å²) in [6, 6.07) is 10.6. The number of carbonyl (C=O) groups is 4. The summed E-state index contributed by atoms with van der Waals surface area (Å²) in [6.07, 6.45) is 4.52. The number of halogens is 2. The molecule has 7 nitrogen and oxygen atoms in total. The van der Waals surface area contributed by atoms with Gasteiger partial charge in [0.25, 0.3) is 17.7 Å². The molecule has 0 spiro atoms. The molecular formula is C24H20Cl2N2O5. The van der Waals surface area contributed by atoms with Gasteiger partial charge >= 0.3 is 0 Å². The SMILES string of the molecule is COc1ccc(C(=O)CN(C(=O)c2ccc(Cl)c(Cl)c2)N2C(=O)[C@H]3CC=CC[C@H]3C2=O)cc1. The molecule has 0 saturated carbocycles. The molecule has 0 bridgehead atoms. The number of ketones is 1. The Morgan fingerprint density at radius 3 is 2.06 bits per heavy atom. The number of nitrogens with zero attached hydrogens (tertiary/aromatic N) is 2. The molecule has 3 amide bonds. The highest BCUT2D eigenvalue weighted by Gasteiger charge is 2.51. The smallest absolute Gasteiger partial charge is 0.273 e. The second-order valence-corrected chi connectivity index (χ2v) is 8.60. The Morgan fingerprint density at radius 1 is 0.939 bits per heavy atom. The molecule has 2 aliphatic rings. The van der Waals surface area contributed by atoms with Gasteiger partial charge in [0.1, 0.15) is 12.3 Å². The monoisotopic (exact) mass is 486 g/mol. The van der Waals surface area contributed by atoms with E-state index in [4.69, 9.17) is 27.9 Å². The average Bonchev–Trinajstić information content (AvgIpc) is 3.09. The number of ether oxygens (including phenoxy) is 1. The van der Waals surface area contributed by atoms with E-state index < -0.39 is 41.9 Å². The van der Waals surface area contributed by atoms with Crippen LogP contribution < -0.4 is 4.74 Å². The first-order valence-electron chi connectivity index (χ1n) is 10.3. The zero-order valence-electron chi connectivity index (χ0n) is 17.7. The number of Topliss-reactive ketones (excluding diaryl/α,β-unsaturated/α-hetero) is 1. The summed E-state index contributed by atoms with van der Waals surface area (Å²) < 4.78 is 5.11. The minimum Gasteiger partial charge on any atom is -0.497 e. The molecule has 170 valence electrons. The Kier molecular flexibility index (Phi) is 6.54. The van der Waals surface area contributed by atoms with E-state index in [1.807, 2.05) is 12.2 Å². The second-order valence-electron chi connectivity index (χ2n) is 7.79. The Hall–Kier alpha value is -3.16. The molecule has 1 aliphatic carbocycles. The lowest BCUT2D eigenvalue weighted by atomic mass is 9.85. The first kappa shape index (κ1) is 23.0. The standard InChI is InChI=1S/C24H20Cl2N2O5/c1-33-16-9-6-14(7-10-16)21(29)13-27(22(30)15-8-11-19(25)20(26)12-15)28-23(31)17-4-2-3-5-18(17)24(28)32/h2-3,6-12,17-18H,4-5,13H2,1H3/t17-,18+. The average molecular weight is 487 g/mol. The number of hydrogen-bond acceptors (Lipinski definition) is 5. The molecule has 0 aromatic heterocycles. The van der Waals surface area contributed by atoms with E-state index in [2.05, 4.69) is 0 Å². The third kappa shape index (κ3) is 4.38. The number of rotatable bonds is 6. The van der Waals surface area contributed by atoms with Gasteiger partial charge in [-0.2, -0.15) is 5.01 Å². The van der Waals surface area contributed by atoms with Crippen LogP contribution in [-0.2, 0) is 9.59 Å². The third-order valence-corrected chi connectivity index (χ3v) is 6.57. The van der Waals surface area contributed by atoms with Crippen molar-refractivity contribution in [3.05, 3.63) is 75.8 Å². The Bertz CT molecular complexity index is 1140. The summed E-state index contributed by atoms with van der Waals surface area (Å²) in [5, 5.41) is 2.13. The predicted octanol–water partition coefficient (Wildman–Crippen LogP) is 4.19. The van der Waals surface area contributed by atoms with Crippen LogP contribution in [0.15, 0.2) is 54.6 Å². The summed E-state index contributed by atoms with van der Waals surface area (Å²) in [6.45, 7) is -0.504. The molecule has 2 aromatic rings. The van der Waals surface area contributed by atoms with Crippen LogP contribution in [0.25, 0.3) is 0 Å². The molecule has 1 heterocycles. The zero-order chi connectivity index (χ0) is 23.7. The molecule has 0 unspecified atom stereocenters. The van der Waals surface area contributed by atoms with Crippen molar-refractivity contribution in [3.8, 4) is 5.75 Å². The van der Waals surface area contributed by atoms with Gasteiger partial charge < -0.3 is 4.74 Å². The molecule has 4 rings (SSSR count). The van der Waals surface area contributed by atoms with E-state index >= 15 is 0 Å². The minimum atomic E-state index is -0.705. The maximum Gasteiger partial charge on any atom is 0.273 e. The van der Waals surface area contributed by atoms with Gasteiger partial charge in [0.15, 0.2) is 5.78 Å². The summed E-state index contributed by atoms with van der Waals surface area (Å²) in [5.74, 6) is -2.68. The van der Waals surface area contributed by atoms with Crippen LogP contribution in [0.2, 0.25) is 10.0 Å². The molecule has 1 saturated heterocycles. The van der Waals surface area contributed by atoms with Crippen LogP contribution in [0.5, 0.6) is 5.75 Å². The summed E-state index contributed by atoms with van der Waals surface area (Å²) in [4.78, 5) is 52.8. The van der Waals surface area contributed by atoms with Crippen LogP contribution in [0.3, 0.4) is 0 Å². The number of methoxy groups -OCH3 is 1. The van der Waals surface area contributed by atoms with Crippen molar-refractivity contribution in [1.82, 2.24) is 10.0 Å². The zero-order valence-corrected chi connectivity index (χ0v) is 19.2. The summed E-state index contributed by atoms with van der Waals surface area (Å²) >= 11 is 12.0. The highest BCUT2D eigenvalue weighted by Crippen LogP contribution is 2.36. The van der Waals surface area contributed by atoms with Crippen molar-refractivity contribution < 1.29 is 23.9 Å². The van der Waals surface area contributed by atoms with E-state index in [0.717, 1.165) is 10.0 Å². The number of hydrazine groups is 1. The van der Waals surface area contributed by atoms with Gasteiger partial charge in [-0.15, -0.1) is 0 Å². The van der Waals surface area contributed by atoms with Crippen molar-refractivity contribution in [2.75, 3.05) is 13.7 Å². The number of amides is 3. The van der Waals surface area contributed by atoms with E-state index in [9.17, 15) is 19.2 Å². The van der Waals surface area contributed by atoms with Crippen LogP contribution >= 0.6 is 23.2 Å². The lowest BCUT2D eigenvalue weighted by molar-refractivity contribution is -0.154. The first-order valence-corrected chi connectivity index (χ1v) is 11.0. The van der Waals surface area contributed by atoms with Crippen LogP contribution in [0, 0.1) is 11.8 Å². The van der Waals surface area contributed by atoms with Gasteiger partial charge in [-0.25, -0.2) is 5.01 Å². The van der Waals surface area contributed by atoms with Crippen LogP contribution in [0.4, 0.5) is 0 Å². The van der Waals surface area contributed by atoms with Crippen molar-refractivity contribution >= 4 is 46.7 Å². The quantitative estimate of drug-likeness (QED) is 0.347. The largest absolute Gasteiger partial charge is 0.497 e. The molecular weight excluding hydrogens is 467 g/mol. The van der Waals surface area contributed by atoms with E-state index in [1.165, 1.54) is 25.3 Å². The van der Waals surface area contributed by atoms with Gasteiger partial charge in [0.05, 0.1) is 29.0 Å². The lowest BCUT2D eigenvalue weighted by Crippen LogP contribution is -2.52. The molecule has 1 aliphatic heterocycles. The number of imide groups is 1. The highest BCUT2D eigenvalue weighted by atomic mass is 35.5. The van der Waals surface area contributed by atoms with Crippen molar-refractivity contribution in [2.24, 2.45) is 11.8 Å². The van der Waals surface area contributed by atoms with Gasteiger partial charge in [0.2, 0.25) is 0 Å². The van der Waals surface area contributed by atoms with E-state index in [1.54, 1.807) is 24.3 Å². The van der Waals surface area contributed by atoms with Gasteiger partial charge in [-0.3, -0.25) is 19.2 Å². The number of benzene rings is 2. The van der Waals surface area contributed by atoms with E-state index in [-0.39, 0.29) is 15.6 Å². The number of allylic oxidation sites excluding steroid dienone is 2. The number of carbonyl (C=O) groups excluding carboxylic acids is 4. The fourth-order valence-corrected chi connectivity index (χ4v) is 4.33. The van der Waals surface area contributed by atoms with Gasteiger partial charge in [0, 0.05) is 11.1 Å². The Morgan fingerprint density at radius 2 is 1.52 bits per heavy atom. The third-order valence-electron chi connectivity index (χ3n) is 5.83. The Balaban J connectivity index is 1.69. The van der Waals surface area contributed by atoms with Crippen molar-refractivity contribution in [1.29, 1.82) is 0 Å². The minimum absolute atomic E-state index is 0.0977. The van der Waals surface area contributed by atoms with Crippen LogP contribution in [0.1, 0.15) is 33.6 Å². The Labute approximate surface area is 200 Å².